The fraction of sp³-hybridized carbons (Fsp3) is 0.632. The van der Waals surface area contributed by atoms with E-state index in [-0.39, 0.29) is 11.4 Å². The van der Waals surface area contributed by atoms with E-state index in [1.54, 1.807) is 0 Å². The van der Waals surface area contributed by atoms with Gasteiger partial charge in [-0.25, -0.2) is 0 Å². The second-order valence-corrected chi connectivity index (χ2v) is 7.42. The molecule has 1 aromatic rings. The van der Waals surface area contributed by atoms with E-state index in [1.807, 2.05) is 25.1 Å². The molecule has 4 heteroatoms. The van der Waals surface area contributed by atoms with E-state index in [0.717, 1.165) is 49.8 Å². The predicted octanol–water partition coefficient (Wildman–Crippen LogP) is 4.29. The van der Waals surface area contributed by atoms with Crippen LogP contribution < -0.4 is 0 Å². The molecule has 1 saturated heterocycles. The molecule has 0 spiro atoms. The van der Waals surface area contributed by atoms with E-state index in [2.05, 4.69) is 11.0 Å². The molecule has 0 atom stereocenters. The van der Waals surface area contributed by atoms with Gasteiger partial charge in [-0.3, -0.25) is 9.69 Å². The minimum Gasteiger partial charge on any atom is -0.466 e. The van der Waals surface area contributed by atoms with Crippen LogP contribution in [0.4, 0.5) is 0 Å². The molecule has 0 bridgehead atoms. The quantitative estimate of drug-likeness (QED) is 0.726. The third kappa shape index (κ3) is 4.07. The highest BCUT2D eigenvalue weighted by atomic mass is 35.5. The molecule has 126 valence electrons. The van der Waals surface area contributed by atoms with Crippen LogP contribution in [0, 0.1) is 11.3 Å². The van der Waals surface area contributed by atoms with Gasteiger partial charge in [0.1, 0.15) is 0 Å². The Labute approximate surface area is 144 Å². The number of halogens is 1. The average molecular weight is 336 g/mol. The first kappa shape index (κ1) is 16.8. The monoisotopic (exact) mass is 335 g/mol. The van der Waals surface area contributed by atoms with Gasteiger partial charge < -0.3 is 4.74 Å². The molecule has 2 aliphatic rings. The lowest BCUT2D eigenvalue weighted by molar-refractivity contribution is -0.159. The number of carbonyl (C=O) groups is 1. The van der Waals surface area contributed by atoms with Gasteiger partial charge in [-0.05, 0) is 56.8 Å². The van der Waals surface area contributed by atoms with Crippen molar-refractivity contribution >= 4 is 17.6 Å². The topological polar surface area (TPSA) is 29.5 Å². The zero-order chi connectivity index (χ0) is 16.3. The number of ether oxygens (including phenoxy) is 1. The van der Waals surface area contributed by atoms with Crippen LogP contribution in [0.5, 0.6) is 0 Å². The zero-order valence-electron chi connectivity index (χ0n) is 13.9. The molecule has 3 rings (SSSR count). The van der Waals surface area contributed by atoms with Crippen molar-refractivity contribution in [1.29, 1.82) is 0 Å². The minimum atomic E-state index is -0.242. The van der Waals surface area contributed by atoms with Gasteiger partial charge in [0.2, 0.25) is 0 Å². The highest BCUT2D eigenvalue weighted by Crippen LogP contribution is 2.46. The molecule has 1 heterocycles. The number of esters is 1. The predicted molar refractivity (Wildman–Crippen MR) is 92.4 cm³/mol. The maximum atomic E-state index is 12.5. The first-order chi connectivity index (χ1) is 11.1. The van der Waals surface area contributed by atoms with Crippen LogP contribution in [-0.2, 0) is 16.1 Å². The molecule has 0 aromatic heterocycles. The second-order valence-electron chi connectivity index (χ2n) is 7.02. The summed E-state index contributed by atoms with van der Waals surface area (Å²) < 4.78 is 5.41. The maximum Gasteiger partial charge on any atom is 0.312 e. The summed E-state index contributed by atoms with van der Waals surface area (Å²) in [6.45, 7) is 5.12. The summed E-state index contributed by atoms with van der Waals surface area (Å²) in [5, 5.41) is 0.827. The number of nitrogens with zero attached hydrogens (tertiary/aromatic N) is 1. The Bertz CT molecular complexity index is 548. The van der Waals surface area contributed by atoms with E-state index >= 15 is 0 Å². The number of benzene rings is 1. The van der Waals surface area contributed by atoms with Gasteiger partial charge in [-0.1, -0.05) is 42.6 Å². The van der Waals surface area contributed by atoms with Gasteiger partial charge in [-0.2, -0.15) is 0 Å². The van der Waals surface area contributed by atoms with E-state index in [1.165, 1.54) is 18.4 Å². The summed E-state index contributed by atoms with van der Waals surface area (Å²) in [4.78, 5) is 14.9. The standard InChI is InChI=1S/C19H26ClNO2/c1-2-23-18(22)19(13-15-7-8-15)9-11-21(12-10-19)14-16-5-3-4-6-17(16)20/h3-6,15H,2,7-14H2,1H3. The van der Waals surface area contributed by atoms with Crippen LogP contribution in [-0.4, -0.2) is 30.6 Å². The van der Waals surface area contributed by atoms with E-state index in [0.29, 0.717) is 6.61 Å². The van der Waals surface area contributed by atoms with Crippen molar-refractivity contribution in [2.45, 2.75) is 45.6 Å². The summed E-state index contributed by atoms with van der Waals surface area (Å²) in [5.74, 6) is 0.777. The summed E-state index contributed by atoms with van der Waals surface area (Å²) in [7, 11) is 0. The normalized spacial score (nSPS) is 21.1. The Balaban J connectivity index is 1.62. The molecular formula is C19H26ClNO2. The summed E-state index contributed by atoms with van der Waals surface area (Å²) in [6, 6.07) is 8.02. The van der Waals surface area contributed by atoms with Gasteiger partial charge in [0.15, 0.2) is 0 Å². The number of piperidine rings is 1. The Morgan fingerprint density at radius 2 is 2.00 bits per heavy atom. The number of carbonyl (C=O) groups excluding carboxylic acids is 1. The van der Waals surface area contributed by atoms with Crippen LogP contribution in [0.2, 0.25) is 5.02 Å². The highest BCUT2D eigenvalue weighted by Gasteiger charge is 2.45. The number of likely N-dealkylation sites (tertiary alicyclic amines) is 1. The summed E-state index contributed by atoms with van der Waals surface area (Å²) in [5.41, 5.74) is 0.925. The smallest absolute Gasteiger partial charge is 0.312 e. The van der Waals surface area contributed by atoms with Crippen molar-refractivity contribution in [1.82, 2.24) is 4.90 Å². The second kappa shape index (κ2) is 7.23. The van der Waals surface area contributed by atoms with E-state index < -0.39 is 0 Å². The molecule has 23 heavy (non-hydrogen) atoms. The summed E-state index contributed by atoms with van der Waals surface area (Å²) >= 11 is 6.27. The Hall–Kier alpha value is -1.06. The van der Waals surface area contributed by atoms with Crippen LogP contribution in [0.25, 0.3) is 0 Å². The van der Waals surface area contributed by atoms with Crippen molar-refractivity contribution in [2.75, 3.05) is 19.7 Å². The van der Waals surface area contributed by atoms with Crippen LogP contribution >= 0.6 is 11.6 Å². The van der Waals surface area contributed by atoms with Crippen LogP contribution in [0.3, 0.4) is 0 Å². The van der Waals surface area contributed by atoms with Gasteiger partial charge in [-0.15, -0.1) is 0 Å². The first-order valence-electron chi connectivity index (χ1n) is 8.76. The lowest BCUT2D eigenvalue weighted by atomic mass is 9.74. The van der Waals surface area contributed by atoms with Gasteiger partial charge in [0.05, 0.1) is 12.0 Å². The van der Waals surface area contributed by atoms with Gasteiger partial charge in [0, 0.05) is 11.6 Å². The van der Waals surface area contributed by atoms with Crippen molar-refractivity contribution in [3.05, 3.63) is 34.9 Å². The lowest BCUT2D eigenvalue weighted by Gasteiger charge is -2.40. The van der Waals surface area contributed by atoms with E-state index in [9.17, 15) is 4.79 Å². The van der Waals surface area contributed by atoms with Crippen molar-refractivity contribution in [2.24, 2.45) is 11.3 Å². The van der Waals surface area contributed by atoms with Crippen molar-refractivity contribution < 1.29 is 9.53 Å². The molecule has 2 fully saturated rings. The molecule has 0 unspecified atom stereocenters. The molecule has 1 aromatic carbocycles. The minimum absolute atomic E-state index is 0.0318. The SMILES string of the molecule is CCOC(=O)C1(CC2CC2)CCN(Cc2ccccc2Cl)CC1. The molecule has 3 nitrogen and oxygen atoms in total. The van der Waals surface area contributed by atoms with Crippen LogP contribution in [0.15, 0.2) is 24.3 Å². The van der Waals surface area contributed by atoms with Crippen LogP contribution in [0.1, 0.15) is 44.6 Å². The molecule has 0 amide bonds. The third-order valence-corrected chi connectivity index (χ3v) is 5.62. The molecule has 1 aliphatic heterocycles. The van der Waals surface area contributed by atoms with Crippen molar-refractivity contribution in [3.63, 3.8) is 0 Å². The van der Waals surface area contributed by atoms with Gasteiger partial charge >= 0.3 is 5.97 Å². The Morgan fingerprint density at radius 3 is 2.61 bits per heavy atom. The first-order valence-corrected chi connectivity index (χ1v) is 9.14. The average Bonchev–Trinajstić information content (AvgIpc) is 3.36. The molecule has 0 radical (unpaired) electrons. The zero-order valence-corrected chi connectivity index (χ0v) is 14.6. The Kier molecular flexibility index (Phi) is 5.27. The number of rotatable bonds is 6. The molecule has 1 saturated carbocycles. The highest BCUT2D eigenvalue weighted by molar-refractivity contribution is 6.31. The number of hydrogen-bond acceptors (Lipinski definition) is 3. The van der Waals surface area contributed by atoms with Gasteiger partial charge in [0.25, 0.3) is 0 Å². The Morgan fingerprint density at radius 1 is 1.30 bits per heavy atom. The largest absolute Gasteiger partial charge is 0.466 e. The maximum absolute atomic E-state index is 12.5. The fourth-order valence-electron chi connectivity index (χ4n) is 3.66. The van der Waals surface area contributed by atoms with E-state index in [4.69, 9.17) is 16.3 Å². The fourth-order valence-corrected chi connectivity index (χ4v) is 3.85. The summed E-state index contributed by atoms with van der Waals surface area (Å²) in [6.07, 6.45) is 5.40. The third-order valence-electron chi connectivity index (χ3n) is 5.25. The van der Waals surface area contributed by atoms with Crippen molar-refractivity contribution in [3.8, 4) is 0 Å². The lowest BCUT2D eigenvalue weighted by Crippen LogP contribution is -2.45. The molecular weight excluding hydrogens is 310 g/mol. The number of hydrogen-bond donors (Lipinski definition) is 0. The molecule has 0 N–H and O–H groups in total. The molecule has 1 aliphatic carbocycles.